The van der Waals surface area contributed by atoms with E-state index in [4.69, 9.17) is 5.11 Å². The van der Waals surface area contributed by atoms with Crippen molar-refractivity contribution in [3.63, 3.8) is 0 Å². The highest BCUT2D eigenvalue weighted by molar-refractivity contribution is 7.09. The third-order valence-electron chi connectivity index (χ3n) is 1.64. The van der Waals surface area contributed by atoms with Crippen molar-refractivity contribution in [1.82, 2.24) is 4.98 Å². The van der Waals surface area contributed by atoms with Gasteiger partial charge in [0, 0.05) is 11.8 Å². The van der Waals surface area contributed by atoms with Crippen molar-refractivity contribution in [2.45, 2.75) is 32.5 Å². The first-order chi connectivity index (χ1) is 5.59. The summed E-state index contributed by atoms with van der Waals surface area (Å²) in [7, 11) is 0. The molecule has 0 spiro atoms. The van der Waals surface area contributed by atoms with Crippen LogP contribution in [0.2, 0.25) is 0 Å². The first-order valence-corrected chi connectivity index (χ1v) is 4.74. The molecule has 0 amide bonds. The first-order valence-electron chi connectivity index (χ1n) is 3.86. The third-order valence-corrected chi connectivity index (χ3v) is 2.46. The lowest BCUT2D eigenvalue weighted by Crippen LogP contribution is -2.24. The monoisotopic (exact) mass is 187 g/mol. The number of hydrogen-bond acceptors (Lipinski definition) is 4. The Labute approximate surface area is 75.7 Å². The summed E-state index contributed by atoms with van der Waals surface area (Å²) in [5.74, 6) is 0. The molecule has 2 atom stereocenters. The normalized spacial score (nSPS) is 16.0. The van der Waals surface area contributed by atoms with E-state index in [1.165, 1.54) is 0 Å². The highest BCUT2D eigenvalue weighted by Gasteiger charge is 2.12. The van der Waals surface area contributed by atoms with E-state index in [1.807, 2.05) is 12.3 Å². The number of aliphatic hydroxyl groups excluding tert-OH is 2. The molecule has 2 N–H and O–H groups in total. The van der Waals surface area contributed by atoms with Crippen LogP contribution in [0.15, 0.2) is 5.38 Å². The van der Waals surface area contributed by atoms with Crippen molar-refractivity contribution in [2.75, 3.05) is 0 Å². The maximum absolute atomic E-state index is 9.30. The topological polar surface area (TPSA) is 53.4 Å². The Morgan fingerprint density at radius 3 is 2.67 bits per heavy atom. The molecule has 4 heteroatoms. The van der Waals surface area contributed by atoms with Crippen LogP contribution in [0.25, 0.3) is 0 Å². The van der Waals surface area contributed by atoms with E-state index in [9.17, 15) is 5.11 Å². The Balaban J connectivity index is 2.52. The van der Waals surface area contributed by atoms with Gasteiger partial charge in [-0.2, -0.15) is 0 Å². The summed E-state index contributed by atoms with van der Waals surface area (Å²) in [6.07, 6.45) is -0.958. The number of hydrogen-bond donors (Lipinski definition) is 2. The zero-order valence-corrected chi connectivity index (χ0v) is 8.01. The molecule has 2 unspecified atom stereocenters. The molecule has 1 rings (SSSR count). The quantitative estimate of drug-likeness (QED) is 0.733. The van der Waals surface area contributed by atoms with Crippen LogP contribution < -0.4 is 0 Å². The van der Waals surface area contributed by atoms with Gasteiger partial charge in [0.1, 0.15) is 0 Å². The minimum absolute atomic E-state index is 0.433. The lowest BCUT2D eigenvalue weighted by atomic mass is 10.1. The standard InChI is InChI=1S/C8H13NO2S/c1-5(10)8(11)3-7-4-12-6(2)9-7/h4-5,8,10-11H,3H2,1-2H3. The predicted octanol–water partition coefficient (Wildman–Crippen LogP) is 0.736. The molecular weight excluding hydrogens is 174 g/mol. The molecule has 1 heterocycles. The minimum atomic E-state index is -0.702. The van der Waals surface area contributed by atoms with E-state index in [2.05, 4.69) is 4.98 Å². The summed E-state index contributed by atoms with van der Waals surface area (Å²) in [5, 5.41) is 21.2. The van der Waals surface area contributed by atoms with Crippen LogP contribution in [0.5, 0.6) is 0 Å². The van der Waals surface area contributed by atoms with E-state index < -0.39 is 12.2 Å². The third kappa shape index (κ3) is 2.55. The largest absolute Gasteiger partial charge is 0.391 e. The van der Waals surface area contributed by atoms with Gasteiger partial charge >= 0.3 is 0 Å². The Bertz CT molecular complexity index is 247. The number of rotatable bonds is 3. The Morgan fingerprint density at radius 2 is 2.25 bits per heavy atom. The van der Waals surface area contributed by atoms with E-state index >= 15 is 0 Å². The minimum Gasteiger partial charge on any atom is -0.391 e. The van der Waals surface area contributed by atoms with Gasteiger partial charge < -0.3 is 10.2 Å². The highest BCUT2D eigenvalue weighted by atomic mass is 32.1. The lowest BCUT2D eigenvalue weighted by molar-refractivity contribution is 0.0314. The fraction of sp³-hybridized carbons (Fsp3) is 0.625. The van der Waals surface area contributed by atoms with Crippen LogP contribution in [0.1, 0.15) is 17.6 Å². The second-order valence-corrected chi connectivity index (χ2v) is 3.93. The molecule has 0 aliphatic rings. The molecule has 12 heavy (non-hydrogen) atoms. The summed E-state index contributed by atoms with van der Waals surface area (Å²) >= 11 is 1.55. The zero-order chi connectivity index (χ0) is 9.14. The second-order valence-electron chi connectivity index (χ2n) is 2.87. The van der Waals surface area contributed by atoms with Gasteiger partial charge in [-0.05, 0) is 13.8 Å². The summed E-state index contributed by atoms with van der Waals surface area (Å²) < 4.78 is 0. The second kappa shape index (κ2) is 3.98. The lowest BCUT2D eigenvalue weighted by Gasteiger charge is -2.10. The SMILES string of the molecule is Cc1nc(CC(O)C(C)O)cs1. The molecule has 0 radical (unpaired) electrons. The predicted molar refractivity (Wildman–Crippen MR) is 48.2 cm³/mol. The molecular formula is C8H13NO2S. The number of thiazole rings is 1. The molecule has 1 aromatic rings. The van der Waals surface area contributed by atoms with E-state index in [1.54, 1.807) is 18.3 Å². The number of nitrogens with zero attached hydrogens (tertiary/aromatic N) is 1. The van der Waals surface area contributed by atoms with E-state index in [0.717, 1.165) is 10.7 Å². The van der Waals surface area contributed by atoms with Crippen molar-refractivity contribution < 1.29 is 10.2 Å². The zero-order valence-electron chi connectivity index (χ0n) is 7.19. The summed E-state index contributed by atoms with van der Waals surface area (Å²) in [6, 6.07) is 0. The number of aryl methyl sites for hydroxylation is 1. The van der Waals surface area contributed by atoms with Crippen LogP contribution >= 0.6 is 11.3 Å². The molecule has 0 saturated carbocycles. The fourth-order valence-corrected chi connectivity index (χ4v) is 1.51. The Kier molecular flexibility index (Phi) is 3.20. The van der Waals surface area contributed by atoms with Gasteiger partial charge in [-0.25, -0.2) is 4.98 Å². The van der Waals surface area contributed by atoms with Gasteiger partial charge in [-0.15, -0.1) is 11.3 Å². The molecule has 0 fully saturated rings. The summed E-state index contributed by atoms with van der Waals surface area (Å²) in [5.41, 5.74) is 0.853. The number of aromatic nitrogens is 1. The molecule has 0 aliphatic heterocycles. The maximum atomic E-state index is 9.30. The van der Waals surface area contributed by atoms with Crippen LogP contribution in [0.4, 0.5) is 0 Å². The van der Waals surface area contributed by atoms with Crippen LogP contribution in [-0.4, -0.2) is 27.4 Å². The summed E-state index contributed by atoms with van der Waals surface area (Å²) in [4.78, 5) is 4.18. The fourth-order valence-electron chi connectivity index (χ4n) is 0.887. The first kappa shape index (κ1) is 9.64. The molecule has 0 aromatic carbocycles. The van der Waals surface area contributed by atoms with Gasteiger partial charge in [0.15, 0.2) is 0 Å². The van der Waals surface area contributed by atoms with Crippen molar-refractivity contribution in [2.24, 2.45) is 0 Å². The molecule has 0 saturated heterocycles. The van der Waals surface area contributed by atoms with Crippen molar-refractivity contribution in [3.8, 4) is 0 Å². The Hall–Kier alpha value is -0.450. The smallest absolute Gasteiger partial charge is 0.0897 e. The van der Waals surface area contributed by atoms with Crippen molar-refractivity contribution >= 4 is 11.3 Å². The van der Waals surface area contributed by atoms with Crippen LogP contribution in [-0.2, 0) is 6.42 Å². The molecule has 68 valence electrons. The van der Waals surface area contributed by atoms with E-state index in [-0.39, 0.29) is 0 Å². The van der Waals surface area contributed by atoms with Crippen molar-refractivity contribution in [3.05, 3.63) is 16.1 Å². The van der Waals surface area contributed by atoms with E-state index in [0.29, 0.717) is 6.42 Å². The Morgan fingerprint density at radius 1 is 1.58 bits per heavy atom. The average molecular weight is 187 g/mol. The van der Waals surface area contributed by atoms with Gasteiger partial charge in [0.05, 0.1) is 22.9 Å². The average Bonchev–Trinajstić information content (AvgIpc) is 2.35. The van der Waals surface area contributed by atoms with Gasteiger partial charge in [-0.1, -0.05) is 0 Å². The van der Waals surface area contributed by atoms with Gasteiger partial charge in [0.2, 0.25) is 0 Å². The molecule has 0 bridgehead atoms. The maximum Gasteiger partial charge on any atom is 0.0897 e. The molecule has 3 nitrogen and oxygen atoms in total. The van der Waals surface area contributed by atoms with Gasteiger partial charge in [0.25, 0.3) is 0 Å². The van der Waals surface area contributed by atoms with Crippen molar-refractivity contribution in [1.29, 1.82) is 0 Å². The summed E-state index contributed by atoms with van der Waals surface area (Å²) in [6.45, 7) is 3.49. The molecule has 0 aliphatic carbocycles. The van der Waals surface area contributed by atoms with Crippen LogP contribution in [0, 0.1) is 6.92 Å². The van der Waals surface area contributed by atoms with Gasteiger partial charge in [-0.3, -0.25) is 0 Å². The highest BCUT2D eigenvalue weighted by Crippen LogP contribution is 2.10. The number of aliphatic hydroxyl groups is 2. The van der Waals surface area contributed by atoms with Crippen LogP contribution in [0.3, 0.4) is 0 Å². The molecule has 1 aromatic heterocycles.